The Hall–Kier alpha value is -2.95. The molecule has 166 valence electrons. The molecule has 0 radical (unpaired) electrons. The number of piperidine rings is 1. The second-order valence-electron chi connectivity index (χ2n) is 8.61. The van der Waals surface area contributed by atoms with E-state index in [1.54, 1.807) is 4.52 Å². The molecule has 6 rings (SSSR count). The number of carbonyl (C=O) groups is 1. The zero-order chi connectivity index (χ0) is 22.1. The van der Waals surface area contributed by atoms with E-state index in [1.165, 1.54) is 23.7 Å². The number of hydrogen-bond acceptors (Lipinski definition) is 6. The van der Waals surface area contributed by atoms with Gasteiger partial charge in [0.2, 0.25) is 0 Å². The van der Waals surface area contributed by atoms with Crippen LogP contribution in [0.25, 0.3) is 16.0 Å². The summed E-state index contributed by atoms with van der Waals surface area (Å²) in [4.78, 5) is 25.3. The molecule has 2 bridgehead atoms. The normalized spacial score (nSPS) is 23.2. The quantitative estimate of drug-likeness (QED) is 0.467. The third kappa shape index (κ3) is 2.79. The van der Waals surface area contributed by atoms with Gasteiger partial charge in [-0.2, -0.15) is 15.2 Å². The summed E-state index contributed by atoms with van der Waals surface area (Å²) in [6.45, 7) is 1.94. The molecule has 0 unspecified atom stereocenters. The lowest BCUT2D eigenvalue weighted by Crippen LogP contribution is -2.47. The molecule has 4 aromatic rings. The van der Waals surface area contributed by atoms with E-state index in [0.29, 0.717) is 10.6 Å². The summed E-state index contributed by atoms with van der Waals surface area (Å²) in [5, 5.41) is 9.66. The molecular weight excluding hydrogens is 436 g/mol. The molecule has 6 heterocycles. The van der Waals surface area contributed by atoms with Crippen LogP contribution in [0, 0.1) is 6.92 Å². The van der Waals surface area contributed by atoms with E-state index in [0.717, 1.165) is 41.6 Å². The zero-order valence-corrected chi connectivity index (χ0v) is 18.4. The molecule has 11 heteroatoms. The minimum absolute atomic E-state index is 0.0146. The van der Waals surface area contributed by atoms with Crippen LogP contribution in [0.5, 0.6) is 0 Å². The largest absolute Gasteiger partial charge is 0.331 e. The maximum atomic E-state index is 13.7. The molecule has 4 aromatic heterocycles. The summed E-state index contributed by atoms with van der Waals surface area (Å²) in [6, 6.07) is 3.49. The SMILES string of the molecule is Cc1nn(C)c2sc(C(=O)N3[C@H]4CC[C@H](c5cc(C(F)F)nc6ncnn56)[C@@H]3CC4)cc12. The van der Waals surface area contributed by atoms with Crippen molar-refractivity contribution in [1.29, 1.82) is 0 Å². The fraction of sp³-hybridized carbons (Fsp3) is 0.476. The van der Waals surface area contributed by atoms with Crippen molar-refractivity contribution in [1.82, 2.24) is 34.3 Å². The number of thiophene rings is 1. The van der Waals surface area contributed by atoms with Crippen molar-refractivity contribution >= 4 is 33.2 Å². The van der Waals surface area contributed by atoms with Crippen LogP contribution in [-0.4, -0.2) is 52.3 Å². The first-order valence-electron chi connectivity index (χ1n) is 10.7. The summed E-state index contributed by atoms with van der Waals surface area (Å²) in [5.41, 5.74) is 1.26. The zero-order valence-electron chi connectivity index (χ0n) is 17.6. The number of carbonyl (C=O) groups excluding carboxylic acids is 1. The molecule has 0 aliphatic carbocycles. The van der Waals surface area contributed by atoms with Gasteiger partial charge in [0.25, 0.3) is 18.1 Å². The van der Waals surface area contributed by atoms with Gasteiger partial charge in [-0.3, -0.25) is 9.48 Å². The van der Waals surface area contributed by atoms with Gasteiger partial charge >= 0.3 is 0 Å². The summed E-state index contributed by atoms with van der Waals surface area (Å²) < 4.78 is 30.4. The molecule has 2 aliphatic heterocycles. The first-order valence-corrected chi connectivity index (χ1v) is 11.5. The van der Waals surface area contributed by atoms with Gasteiger partial charge in [0.1, 0.15) is 16.9 Å². The van der Waals surface area contributed by atoms with Gasteiger partial charge in [-0.1, -0.05) is 0 Å². The van der Waals surface area contributed by atoms with E-state index >= 15 is 0 Å². The molecule has 1 amide bonds. The predicted octanol–water partition coefficient (Wildman–Crippen LogP) is 3.87. The number of nitrogens with zero attached hydrogens (tertiary/aromatic N) is 7. The smallest absolute Gasteiger partial charge is 0.280 e. The van der Waals surface area contributed by atoms with Crippen LogP contribution in [0.15, 0.2) is 18.5 Å². The van der Waals surface area contributed by atoms with Crippen LogP contribution < -0.4 is 0 Å². The van der Waals surface area contributed by atoms with Gasteiger partial charge in [-0.25, -0.2) is 18.3 Å². The molecule has 0 spiro atoms. The lowest BCUT2D eigenvalue weighted by atomic mass is 9.86. The number of halogens is 2. The Morgan fingerprint density at radius 1 is 1.22 bits per heavy atom. The molecular formula is C21H21F2N7OS. The van der Waals surface area contributed by atoms with Gasteiger partial charge in [0, 0.05) is 30.4 Å². The van der Waals surface area contributed by atoms with Gasteiger partial charge in [0.05, 0.1) is 16.3 Å². The third-order valence-corrected chi connectivity index (χ3v) is 8.06. The number of hydrogen-bond donors (Lipinski definition) is 0. The Bertz CT molecular complexity index is 1320. The third-order valence-electron chi connectivity index (χ3n) is 6.87. The highest BCUT2D eigenvalue weighted by Gasteiger charge is 2.46. The van der Waals surface area contributed by atoms with Crippen LogP contribution in [0.4, 0.5) is 8.78 Å². The molecule has 8 nitrogen and oxygen atoms in total. The van der Waals surface area contributed by atoms with E-state index in [9.17, 15) is 13.6 Å². The maximum absolute atomic E-state index is 13.7. The number of rotatable bonds is 3. The molecule has 2 fully saturated rings. The van der Waals surface area contributed by atoms with Gasteiger partial charge in [-0.15, -0.1) is 11.3 Å². The minimum atomic E-state index is -2.69. The summed E-state index contributed by atoms with van der Waals surface area (Å²) >= 11 is 1.46. The van der Waals surface area contributed by atoms with Crippen molar-refractivity contribution < 1.29 is 13.6 Å². The van der Waals surface area contributed by atoms with E-state index < -0.39 is 6.43 Å². The van der Waals surface area contributed by atoms with Gasteiger partial charge in [-0.05, 0) is 44.7 Å². The Morgan fingerprint density at radius 3 is 2.81 bits per heavy atom. The molecule has 32 heavy (non-hydrogen) atoms. The van der Waals surface area contributed by atoms with Crippen molar-refractivity contribution in [2.24, 2.45) is 7.05 Å². The van der Waals surface area contributed by atoms with E-state index in [2.05, 4.69) is 20.2 Å². The van der Waals surface area contributed by atoms with Crippen molar-refractivity contribution in [2.45, 2.75) is 57.0 Å². The van der Waals surface area contributed by atoms with Crippen LogP contribution in [0.3, 0.4) is 0 Å². The fourth-order valence-corrected chi connectivity index (χ4v) is 6.55. The summed E-state index contributed by atoms with van der Waals surface area (Å²) in [6.07, 6.45) is 2.05. The Kier molecular flexibility index (Phi) is 4.33. The minimum Gasteiger partial charge on any atom is -0.331 e. The predicted molar refractivity (Wildman–Crippen MR) is 114 cm³/mol. The molecule has 2 saturated heterocycles. The number of fused-ring (bicyclic) bond motifs is 4. The van der Waals surface area contributed by atoms with Crippen LogP contribution in [0.1, 0.15) is 64.8 Å². The second-order valence-corrected chi connectivity index (χ2v) is 9.64. The van der Waals surface area contributed by atoms with Crippen molar-refractivity contribution in [3.63, 3.8) is 0 Å². The molecule has 0 aromatic carbocycles. The first kappa shape index (κ1) is 19.7. The Labute approximate surface area is 185 Å². The van der Waals surface area contributed by atoms with Crippen molar-refractivity contribution in [2.75, 3.05) is 0 Å². The highest BCUT2D eigenvalue weighted by molar-refractivity contribution is 7.20. The van der Waals surface area contributed by atoms with E-state index in [4.69, 9.17) is 0 Å². The average molecular weight is 458 g/mol. The average Bonchev–Trinajstić information content (AvgIpc) is 3.52. The van der Waals surface area contributed by atoms with Gasteiger partial charge < -0.3 is 4.90 Å². The molecule has 0 saturated carbocycles. The van der Waals surface area contributed by atoms with E-state index in [-0.39, 0.29) is 35.4 Å². The second kappa shape index (κ2) is 7.03. The summed E-state index contributed by atoms with van der Waals surface area (Å²) in [7, 11) is 1.88. The Morgan fingerprint density at radius 2 is 2.03 bits per heavy atom. The lowest BCUT2D eigenvalue weighted by Gasteiger charge is -2.40. The van der Waals surface area contributed by atoms with Crippen molar-refractivity contribution in [3.05, 3.63) is 40.4 Å². The fourth-order valence-electron chi connectivity index (χ4n) is 5.48. The number of aryl methyl sites for hydroxylation is 2. The molecule has 3 atom stereocenters. The standard InChI is InChI=1S/C21H21F2N7OS/c1-10-13-7-17(32-20(13)28(2)27-10)19(31)29-11-3-5-12(15(29)6-4-11)16-8-14(18(22)23)26-21-24-9-25-30(16)21/h7-9,11-12,15,18H,3-6H2,1-2H3/t11-,12-,15-/m0/s1. The van der Waals surface area contributed by atoms with Crippen LogP contribution >= 0.6 is 11.3 Å². The Balaban J connectivity index is 1.40. The topological polar surface area (TPSA) is 81.2 Å². The number of aromatic nitrogens is 6. The lowest BCUT2D eigenvalue weighted by molar-refractivity contribution is 0.0559. The first-order chi connectivity index (χ1) is 15.4. The maximum Gasteiger partial charge on any atom is 0.280 e. The van der Waals surface area contributed by atoms with Crippen molar-refractivity contribution in [3.8, 4) is 0 Å². The number of amides is 1. The number of alkyl halides is 2. The van der Waals surface area contributed by atoms with Crippen LogP contribution in [0.2, 0.25) is 0 Å². The van der Waals surface area contributed by atoms with Crippen LogP contribution in [-0.2, 0) is 7.05 Å². The monoisotopic (exact) mass is 457 g/mol. The van der Waals surface area contributed by atoms with E-state index in [1.807, 2.05) is 29.6 Å². The highest BCUT2D eigenvalue weighted by Crippen LogP contribution is 2.45. The summed E-state index contributed by atoms with van der Waals surface area (Å²) in [5.74, 6) is 0.0873. The molecule has 0 N–H and O–H groups in total. The van der Waals surface area contributed by atoms with Gasteiger partial charge in [0.15, 0.2) is 0 Å². The highest BCUT2D eigenvalue weighted by atomic mass is 32.1. The molecule has 2 aliphatic rings.